The number of hydrogen-bond donors (Lipinski definition) is 1. The quantitative estimate of drug-likeness (QED) is 0.692. The lowest BCUT2D eigenvalue weighted by Crippen LogP contribution is -2.43. The van der Waals surface area contributed by atoms with E-state index in [1.165, 1.54) is 0 Å². The molecule has 0 spiro atoms. The highest BCUT2D eigenvalue weighted by molar-refractivity contribution is 5.07. The molecule has 0 bridgehead atoms. The van der Waals surface area contributed by atoms with Crippen molar-refractivity contribution in [3.8, 4) is 0 Å². The molecule has 0 atom stereocenters. The highest BCUT2D eigenvalue weighted by Crippen LogP contribution is 2.20. The predicted molar refractivity (Wildman–Crippen MR) is 50.6 cm³/mol. The number of nitrogens with one attached hydrogen (secondary N) is 1. The topological polar surface area (TPSA) is 42.7 Å². The lowest BCUT2D eigenvalue weighted by atomic mass is 9.93. The Morgan fingerprint density at radius 3 is 2.54 bits per heavy atom. The van der Waals surface area contributed by atoms with Gasteiger partial charge in [0.2, 0.25) is 0 Å². The number of nitrogens with zero attached hydrogens (tertiary/aromatic N) is 3. The van der Waals surface area contributed by atoms with Gasteiger partial charge in [0.25, 0.3) is 0 Å². The Bertz CT molecular complexity index is 293. The van der Waals surface area contributed by atoms with Crippen molar-refractivity contribution in [1.82, 2.24) is 20.3 Å². The van der Waals surface area contributed by atoms with E-state index in [2.05, 4.69) is 42.6 Å². The van der Waals surface area contributed by atoms with Crippen molar-refractivity contribution in [2.75, 3.05) is 13.1 Å². The fourth-order valence-electron chi connectivity index (χ4n) is 1.26. The van der Waals surface area contributed by atoms with Crippen LogP contribution in [0.2, 0.25) is 0 Å². The van der Waals surface area contributed by atoms with Crippen LogP contribution >= 0.6 is 0 Å². The van der Waals surface area contributed by atoms with E-state index in [9.17, 15) is 0 Å². The van der Waals surface area contributed by atoms with Gasteiger partial charge in [-0.2, -0.15) is 0 Å². The van der Waals surface area contributed by atoms with E-state index < -0.39 is 0 Å². The molecule has 4 heteroatoms. The molecule has 1 saturated heterocycles. The van der Waals surface area contributed by atoms with E-state index in [0.717, 1.165) is 18.8 Å². The molecule has 0 amide bonds. The average Bonchev–Trinajstić information content (AvgIpc) is 2.29. The fourth-order valence-corrected chi connectivity index (χ4v) is 1.26. The Morgan fingerprint density at radius 1 is 1.46 bits per heavy atom. The van der Waals surface area contributed by atoms with Crippen molar-refractivity contribution in [2.45, 2.75) is 32.2 Å². The van der Waals surface area contributed by atoms with E-state index in [1.807, 2.05) is 4.68 Å². The van der Waals surface area contributed by atoms with Gasteiger partial charge in [0.05, 0.1) is 11.7 Å². The second kappa shape index (κ2) is 2.80. The van der Waals surface area contributed by atoms with Crippen LogP contribution in [0.5, 0.6) is 0 Å². The molecule has 1 fully saturated rings. The Labute approximate surface area is 78.3 Å². The van der Waals surface area contributed by atoms with Crippen LogP contribution in [0.1, 0.15) is 32.5 Å². The number of rotatable bonds is 1. The average molecular weight is 180 g/mol. The molecule has 1 aromatic rings. The first-order chi connectivity index (χ1) is 6.07. The standard InChI is InChI=1S/C9H16N4/c1-9(2,3)8-6-13(12-11-8)7-4-10-5-7/h6-7,10H,4-5H2,1-3H3. The van der Waals surface area contributed by atoms with Gasteiger partial charge in [-0.05, 0) is 0 Å². The maximum Gasteiger partial charge on any atom is 0.0880 e. The van der Waals surface area contributed by atoms with Gasteiger partial charge in [0.15, 0.2) is 0 Å². The van der Waals surface area contributed by atoms with Gasteiger partial charge in [-0.1, -0.05) is 26.0 Å². The van der Waals surface area contributed by atoms with Gasteiger partial charge in [0, 0.05) is 24.7 Å². The van der Waals surface area contributed by atoms with Crippen molar-refractivity contribution in [1.29, 1.82) is 0 Å². The third-order valence-corrected chi connectivity index (χ3v) is 2.41. The SMILES string of the molecule is CC(C)(C)c1cn(C2CNC2)nn1. The molecule has 1 aliphatic rings. The first-order valence-corrected chi connectivity index (χ1v) is 4.70. The van der Waals surface area contributed by atoms with Crippen LogP contribution in [0, 0.1) is 0 Å². The van der Waals surface area contributed by atoms with E-state index in [-0.39, 0.29) is 5.41 Å². The van der Waals surface area contributed by atoms with Crippen molar-refractivity contribution < 1.29 is 0 Å². The molecule has 1 aliphatic heterocycles. The molecule has 2 rings (SSSR count). The maximum absolute atomic E-state index is 4.18. The third kappa shape index (κ3) is 1.58. The van der Waals surface area contributed by atoms with E-state index in [1.54, 1.807) is 0 Å². The minimum absolute atomic E-state index is 0.107. The second-order valence-electron chi connectivity index (χ2n) is 4.65. The summed E-state index contributed by atoms with van der Waals surface area (Å²) in [6.07, 6.45) is 2.06. The van der Waals surface area contributed by atoms with Crippen LogP contribution in [-0.2, 0) is 5.41 Å². The lowest BCUT2D eigenvalue weighted by molar-refractivity contribution is 0.312. The van der Waals surface area contributed by atoms with Gasteiger partial charge in [-0.15, -0.1) is 5.10 Å². The molecular formula is C9H16N4. The van der Waals surface area contributed by atoms with Crippen LogP contribution < -0.4 is 5.32 Å². The molecule has 1 N–H and O–H groups in total. The number of aromatic nitrogens is 3. The smallest absolute Gasteiger partial charge is 0.0880 e. The first-order valence-electron chi connectivity index (χ1n) is 4.70. The van der Waals surface area contributed by atoms with E-state index >= 15 is 0 Å². The summed E-state index contributed by atoms with van der Waals surface area (Å²) >= 11 is 0. The maximum atomic E-state index is 4.18. The molecule has 2 heterocycles. The molecule has 1 aromatic heterocycles. The molecule has 0 saturated carbocycles. The van der Waals surface area contributed by atoms with Crippen LogP contribution in [0.15, 0.2) is 6.20 Å². The van der Waals surface area contributed by atoms with Gasteiger partial charge >= 0.3 is 0 Å². The minimum atomic E-state index is 0.107. The van der Waals surface area contributed by atoms with Crippen molar-refractivity contribution >= 4 is 0 Å². The molecule has 72 valence electrons. The van der Waals surface area contributed by atoms with Gasteiger partial charge in [-0.3, -0.25) is 0 Å². The largest absolute Gasteiger partial charge is 0.312 e. The molecular weight excluding hydrogens is 164 g/mol. The zero-order valence-electron chi connectivity index (χ0n) is 8.41. The van der Waals surface area contributed by atoms with Gasteiger partial charge < -0.3 is 5.32 Å². The summed E-state index contributed by atoms with van der Waals surface area (Å²) < 4.78 is 1.97. The molecule has 0 aliphatic carbocycles. The molecule has 0 unspecified atom stereocenters. The summed E-state index contributed by atoms with van der Waals surface area (Å²) in [4.78, 5) is 0. The summed E-state index contributed by atoms with van der Waals surface area (Å²) in [7, 11) is 0. The summed E-state index contributed by atoms with van der Waals surface area (Å²) in [6.45, 7) is 8.50. The molecule has 0 radical (unpaired) electrons. The highest BCUT2D eigenvalue weighted by Gasteiger charge is 2.23. The van der Waals surface area contributed by atoms with Crippen LogP contribution in [0.3, 0.4) is 0 Å². The predicted octanol–water partition coefficient (Wildman–Crippen LogP) is 0.720. The summed E-state index contributed by atoms with van der Waals surface area (Å²) in [5, 5.41) is 11.5. The fraction of sp³-hybridized carbons (Fsp3) is 0.778. The van der Waals surface area contributed by atoms with Gasteiger partial charge in [-0.25, -0.2) is 4.68 Å². The van der Waals surface area contributed by atoms with Crippen LogP contribution in [-0.4, -0.2) is 28.1 Å². The zero-order chi connectivity index (χ0) is 9.47. The summed E-state index contributed by atoms with van der Waals surface area (Å²) in [5.74, 6) is 0. The zero-order valence-corrected chi connectivity index (χ0v) is 8.41. The third-order valence-electron chi connectivity index (χ3n) is 2.41. The summed E-state index contributed by atoms with van der Waals surface area (Å²) in [6, 6.07) is 0.517. The van der Waals surface area contributed by atoms with E-state index in [0.29, 0.717) is 6.04 Å². The molecule has 0 aromatic carbocycles. The van der Waals surface area contributed by atoms with Crippen molar-refractivity contribution in [2.24, 2.45) is 0 Å². The summed E-state index contributed by atoms with van der Waals surface area (Å²) in [5.41, 5.74) is 1.18. The Kier molecular flexibility index (Phi) is 1.87. The molecule has 4 nitrogen and oxygen atoms in total. The number of hydrogen-bond acceptors (Lipinski definition) is 3. The second-order valence-corrected chi connectivity index (χ2v) is 4.65. The van der Waals surface area contributed by atoms with E-state index in [4.69, 9.17) is 0 Å². The van der Waals surface area contributed by atoms with Crippen molar-refractivity contribution in [3.05, 3.63) is 11.9 Å². The minimum Gasteiger partial charge on any atom is -0.312 e. The normalized spacial score (nSPS) is 18.7. The Morgan fingerprint density at radius 2 is 2.15 bits per heavy atom. The van der Waals surface area contributed by atoms with Crippen molar-refractivity contribution in [3.63, 3.8) is 0 Å². The van der Waals surface area contributed by atoms with Crippen LogP contribution in [0.4, 0.5) is 0 Å². The first kappa shape index (κ1) is 8.69. The molecule has 13 heavy (non-hydrogen) atoms. The lowest BCUT2D eigenvalue weighted by Gasteiger charge is -2.26. The van der Waals surface area contributed by atoms with Gasteiger partial charge in [0.1, 0.15) is 0 Å². The highest BCUT2D eigenvalue weighted by atomic mass is 15.5. The Balaban J connectivity index is 2.17. The monoisotopic (exact) mass is 180 g/mol. The van der Waals surface area contributed by atoms with Crippen LogP contribution in [0.25, 0.3) is 0 Å². The Hall–Kier alpha value is -0.900.